The molecule has 0 amide bonds. The highest BCUT2D eigenvalue weighted by molar-refractivity contribution is 7.98. The molecule has 0 N–H and O–H groups in total. The van der Waals surface area contributed by atoms with Crippen molar-refractivity contribution >= 4 is 17.3 Å². The molecule has 0 aliphatic carbocycles. The number of halogens is 6. The van der Waals surface area contributed by atoms with E-state index >= 15 is 0 Å². The summed E-state index contributed by atoms with van der Waals surface area (Å²) in [5.74, 6) is -1.02. The van der Waals surface area contributed by atoms with E-state index in [4.69, 9.17) is 0 Å². The van der Waals surface area contributed by atoms with Gasteiger partial charge in [-0.1, -0.05) is 18.7 Å². The van der Waals surface area contributed by atoms with Crippen molar-refractivity contribution in [1.29, 1.82) is 0 Å². The molecule has 0 saturated heterocycles. The van der Waals surface area contributed by atoms with Gasteiger partial charge in [-0.2, -0.15) is 18.3 Å². The number of hydrogen-bond acceptors (Lipinski definition) is 5. The van der Waals surface area contributed by atoms with Gasteiger partial charge in [0.25, 0.3) is 0 Å². The summed E-state index contributed by atoms with van der Waals surface area (Å²) in [5, 5.41) is 12.5. The third-order valence-electron chi connectivity index (χ3n) is 3.75. The molecule has 0 unspecified atom stereocenters. The molecule has 2 heterocycles. The van der Waals surface area contributed by atoms with Crippen molar-refractivity contribution in [2.24, 2.45) is 0 Å². The Morgan fingerprint density at radius 2 is 1.79 bits per heavy atom. The van der Waals surface area contributed by atoms with Crippen molar-refractivity contribution < 1.29 is 31.1 Å². The van der Waals surface area contributed by atoms with Crippen LogP contribution in [0.15, 0.2) is 29.4 Å². The summed E-state index contributed by atoms with van der Waals surface area (Å²) >= 11 is 1.21. The lowest BCUT2D eigenvalue weighted by Crippen LogP contribution is -2.18. The van der Waals surface area contributed by atoms with Gasteiger partial charge < -0.3 is 4.74 Å². The van der Waals surface area contributed by atoms with Crippen LogP contribution in [0.4, 0.5) is 26.3 Å². The van der Waals surface area contributed by atoms with E-state index in [0.29, 0.717) is 34.9 Å². The van der Waals surface area contributed by atoms with Crippen LogP contribution in [0.25, 0.3) is 16.8 Å². The van der Waals surface area contributed by atoms with Gasteiger partial charge in [0.1, 0.15) is 11.4 Å². The van der Waals surface area contributed by atoms with E-state index in [0.717, 1.165) is 6.07 Å². The van der Waals surface area contributed by atoms with E-state index in [1.54, 1.807) is 12.3 Å². The molecule has 12 heteroatoms. The highest BCUT2D eigenvalue weighted by atomic mass is 32.2. The van der Waals surface area contributed by atoms with Crippen molar-refractivity contribution in [3.63, 3.8) is 0 Å². The van der Waals surface area contributed by atoms with Crippen LogP contribution in [0.2, 0.25) is 0 Å². The Labute approximate surface area is 158 Å². The van der Waals surface area contributed by atoms with Crippen LogP contribution < -0.4 is 4.74 Å². The van der Waals surface area contributed by atoms with Gasteiger partial charge in [0.15, 0.2) is 0 Å². The first-order valence-corrected chi connectivity index (χ1v) is 9.02. The summed E-state index contributed by atoms with van der Waals surface area (Å²) in [4.78, 5) is 0. The minimum Gasteiger partial charge on any atom is -0.405 e. The zero-order valence-electron chi connectivity index (χ0n) is 14.4. The molecule has 3 aromatic rings. The summed E-state index contributed by atoms with van der Waals surface area (Å²) < 4.78 is 82.5. The molecule has 0 bridgehead atoms. The first kappa shape index (κ1) is 20.2. The van der Waals surface area contributed by atoms with Crippen LogP contribution in [0, 0.1) is 0 Å². The zero-order chi connectivity index (χ0) is 20.7. The zero-order valence-corrected chi connectivity index (χ0v) is 15.2. The number of alkyl halides is 6. The van der Waals surface area contributed by atoms with E-state index in [9.17, 15) is 26.3 Å². The summed E-state index contributed by atoms with van der Waals surface area (Å²) in [6.45, 7) is 1.83. The van der Waals surface area contributed by atoms with E-state index < -0.39 is 23.9 Å². The maximum absolute atomic E-state index is 13.0. The maximum Gasteiger partial charge on any atom is 0.573 e. The summed E-state index contributed by atoms with van der Waals surface area (Å²) in [7, 11) is 0. The Balaban J connectivity index is 2.27. The standard InChI is InChI=1S/C16H12F6N4OS/c1-3-9-7-11-13(23-24-14(28-2)26(11)25-9)10-5-4-8(15(17,18)19)6-12(10)27-16(20,21)22/h4-7H,3H2,1-2H3. The number of rotatable bonds is 4. The van der Waals surface area contributed by atoms with Gasteiger partial charge in [0.2, 0.25) is 5.16 Å². The van der Waals surface area contributed by atoms with Gasteiger partial charge in [-0.05, 0) is 36.9 Å². The maximum atomic E-state index is 13.0. The first-order valence-electron chi connectivity index (χ1n) is 7.80. The Morgan fingerprint density at radius 1 is 1.07 bits per heavy atom. The number of aromatic nitrogens is 4. The molecule has 0 spiro atoms. The third kappa shape index (κ3) is 4.01. The Morgan fingerprint density at radius 3 is 2.36 bits per heavy atom. The lowest BCUT2D eigenvalue weighted by molar-refractivity contribution is -0.274. The van der Waals surface area contributed by atoms with Gasteiger partial charge in [-0.15, -0.1) is 23.4 Å². The number of hydrogen-bond donors (Lipinski definition) is 0. The molecule has 0 saturated carbocycles. The number of nitrogens with zero attached hydrogens (tertiary/aromatic N) is 4. The second-order valence-corrected chi connectivity index (χ2v) is 6.35. The molecule has 150 valence electrons. The first-order chi connectivity index (χ1) is 13.0. The smallest absolute Gasteiger partial charge is 0.405 e. The van der Waals surface area contributed by atoms with Gasteiger partial charge in [-0.3, -0.25) is 0 Å². The molecule has 28 heavy (non-hydrogen) atoms. The summed E-state index contributed by atoms with van der Waals surface area (Å²) in [6.07, 6.45) is -7.77. The highest BCUT2D eigenvalue weighted by Crippen LogP contribution is 2.40. The quantitative estimate of drug-likeness (QED) is 0.438. The minimum atomic E-state index is -5.18. The predicted molar refractivity (Wildman–Crippen MR) is 89.1 cm³/mol. The highest BCUT2D eigenvalue weighted by Gasteiger charge is 2.36. The van der Waals surface area contributed by atoms with Crippen LogP contribution in [-0.4, -0.2) is 32.4 Å². The minimum absolute atomic E-state index is 0.0713. The van der Waals surface area contributed by atoms with E-state index in [-0.39, 0.29) is 11.3 Å². The Bertz CT molecular complexity index is 1010. The SMILES string of the molecule is CCc1cc2c(-c3ccc(C(F)(F)F)cc3OC(F)(F)F)nnc(SC)n2n1. The van der Waals surface area contributed by atoms with Crippen LogP contribution in [0.5, 0.6) is 5.75 Å². The van der Waals surface area contributed by atoms with Gasteiger partial charge >= 0.3 is 12.5 Å². The Hall–Kier alpha value is -2.50. The third-order valence-corrected chi connectivity index (χ3v) is 4.37. The molecule has 1 aromatic carbocycles. The molecule has 0 fully saturated rings. The van der Waals surface area contributed by atoms with Crippen LogP contribution in [0.1, 0.15) is 18.2 Å². The fourth-order valence-electron chi connectivity index (χ4n) is 2.53. The van der Waals surface area contributed by atoms with Crippen LogP contribution in [0.3, 0.4) is 0 Å². The van der Waals surface area contributed by atoms with Crippen LogP contribution >= 0.6 is 11.8 Å². The number of benzene rings is 1. The van der Waals surface area contributed by atoms with Gasteiger partial charge in [0, 0.05) is 5.56 Å². The number of thioether (sulfide) groups is 1. The second kappa shape index (κ2) is 7.15. The molecule has 3 rings (SSSR count). The average Bonchev–Trinajstić information content (AvgIpc) is 3.03. The lowest BCUT2D eigenvalue weighted by Gasteiger charge is -2.16. The van der Waals surface area contributed by atoms with Crippen molar-refractivity contribution in [1.82, 2.24) is 19.8 Å². The normalized spacial score (nSPS) is 12.6. The fourth-order valence-corrected chi connectivity index (χ4v) is 2.96. The van der Waals surface area contributed by atoms with Gasteiger partial charge in [-0.25, -0.2) is 4.52 Å². The molecule has 2 aromatic heterocycles. The molecule has 0 aliphatic heterocycles. The monoisotopic (exact) mass is 422 g/mol. The molecule has 0 radical (unpaired) electrons. The predicted octanol–water partition coefficient (Wildman–Crippen LogP) is 4.99. The molecule has 0 atom stereocenters. The summed E-state index contributed by atoms with van der Waals surface area (Å²) in [6, 6.07) is 3.43. The lowest BCUT2D eigenvalue weighted by atomic mass is 10.1. The topological polar surface area (TPSA) is 52.3 Å². The average molecular weight is 422 g/mol. The summed E-state index contributed by atoms with van der Waals surface area (Å²) in [5.41, 5.74) is -0.696. The van der Waals surface area contributed by atoms with E-state index in [1.165, 1.54) is 16.3 Å². The van der Waals surface area contributed by atoms with Crippen LogP contribution in [-0.2, 0) is 12.6 Å². The van der Waals surface area contributed by atoms with Crippen molar-refractivity contribution in [3.8, 4) is 17.0 Å². The fraction of sp³-hybridized carbons (Fsp3) is 0.312. The molecular weight excluding hydrogens is 410 g/mol. The van der Waals surface area contributed by atoms with E-state index in [2.05, 4.69) is 20.0 Å². The van der Waals surface area contributed by atoms with E-state index in [1.807, 2.05) is 6.92 Å². The largest absolute Gasteiger partial charge is 0.573 e. The Kier molecular flexibility index (Phi) is 5.17. The van der Waals surface area contributed by atoms with Crippen molar-refractivity contribution in [3.05, 3.63) is 35.5 Å². The molecular formula is C16H12F6N4OS. The van der Waals surface area contributed by atoms with Crippen molar-refractivity contribution in [2.45, 2.75) is 31.0 Å². The number of ether oxygens (including phenoxy) is 1. The molecule has 0 aliphatic rings. The number of fused-ring (bicyclic) bond motifs is 1. The molecule has 5 nitrogen and oxygen atoms in total. The van der Waals surface area contributed by atoms with Crippen molar-refractivity contribution in [2.75, 3.05) is 6.26 Å². The number of aryl methyl sites for hydroxylation is 1. The van der Waals surface area contributed by atoms with Gasteiger partial charge in [0.05, 0.1) is 16.8 Å². The second-order valence-electron chi connectivity index (χ2n) is 5.58.